The highest BCUT2D eigenvalue weighted by atomic mass is 16.4. The van der Waals surface area contributed by atoms with Gasteiger partial charge in [-0.05, 0) is 44.5 Å². The number of aliphatic carboxylic acids is 1. The maximum absolute atomic E-state index is 11.4. The molecule has 30 heavy (non-hydrogen) atoms. The van der Waals surface area contributed by atoms with Crippen molar-refractivity contribution in [1.82, 2.24) is 0 Å². The molecule has 5 N–H and O–H groups in total. The fourth-order valence-corrected chi connectivity index (χ4v) is 1.76. The SMILES string of the molecule is C=CCC.CC(=O)CC(C)C(=O)O.CC(=O)CCC(=O)Nc1ccc(C(=N)N)cc1. The predicted molar refractivity (Wildman–Crippen MR) is 119 cm³/mol. The highest BCUT2D eigenvalue weighted by molar-refractivity contribution is 5.96. The molecule has 0 saturated heterocycles. The van der Waals surface area contributed by atoms with Crippen molar-refractivity contribution in [2.24, 2.45) is 11.7 Å². The van der Waals surface area contributed by atoms with Gasteiger partial charge in [0.05, 0.1) is 5.92 Å². The van der Waals surface area contributed by atoms with Crippen LogP contribution in [0.3, 0.4) is 0 Å². The Kier molecular flexibility index (Phi) is 16.0. The third-order valence-electron chi connectivity index (χ3n) is 3.49. The quantitative estimate of drug-likeness (QED) is 0.273. The lowest BCUT2D eigenvalue weighted by molar-refractivity contribution is -0.142. The molecule has 166 valence electrons. The molecule has 0 aliphatic heterocycles. The van der Waals surface area contributed by atoms with Gasteiger partial charge in [0, 0.05) is 30.5 Å². The molecule has 0 spiro atoms. The first-order valence-electron chi connectivity index (χ1n) is 9.51. The van der Waals surface area contributed by atoms with Gasteiger partial charge in [-0.25, -0.2) is 0 Å². The van der Waals surface area contributed by atoms with E-state index >= 15 is 0 Å². The van der Waals surface area contributed by atoms with Crippen LogP contribution in [-0.4, -0.2) is 34.4 Å². The Morgan fingerprint density at radius 3 is 1.93 bits per heavy atom. The van der Waals surface area contributed by atoms with Crippen LogP contribution in [0.4, 0.5) is 5.69 Å². The smallest absolute Gasteiger partial charge is 0.306 e. The first-order valence-corrected chi connectivity index (χ1v) is 9.51. The van der Waals surface area contributed by atoms with E-state index in [-0.39, 0.29) is 42.6 Å². The van der Waals surface area contributed by atoms with Gasteiger partial charge in [0.2, 0.25) is 5.91 Å². The van der Waals surface area contributed by atoms with Crippen molar-refractivity contribution < 1.29 is 24.3 Å². The van der Waals surface area contributed by atoms with Crippen molar-refractivity contribution in [2.75, 3.05) is 5.32 Å². The van der Waals surface area contributed by atoms with E-state index < -0.39 is 11.9 Å². The number of carbonyl (C=O) groups is 4. The standard InChI is InChI=1S/C12H15N3O2.C6H10O3.C4H8/c1-8(16)2-7-11(17)15-10-5-3-9(4-6-10)12(13)14;1-4(6(8)9)3-5(2)7;1-3-4-2/h3-6H,2,7H2,1H3,(H3,13,14)(H,15,17);4H,3H2,1-2H3,(H,8,9);3H,1,4H2,2H3. The molecule has 0 bridgehead atoms. The lowest BCUT2D eigenvalue weighted by atomic mass is 10.1. The van der Waals surface area contributed by atoms with E-state index in [4.69, 9.17) is 16.2 Å². The average Bonchev–Trinajstić information content (AvgIpc) is 2.67. The molecule has 0 aliphatic rings. The van der Waals surface area contributed by atoms with Crippen LogP contribution < -0.4 is 11.1 Å². The molecule has 1 unspecified atom stereocenters. The minimum atomic E-state index is -0.912. The van der Waals surface area contributed by atoms with E-state index in [2.05, 4.69) is 18.8 Å². The summed E-state index contributed by atoms with van der Waals surface area (Å²) < 4.78 is 0. The van der Waals surface area contributed by atoms with Gasteiger partial charge in [0.1, 0.15) is 17.4 Å². The van der Waals surface area contributed by atoms with Crippen molar-refractivity contribution in [3.63, 3.8) is 0 Å². The lowest BCUT2D eigenvalue weighted by Gasteiger charge is -2.05. The molecule has 0 saturated carbocycles. The molecule has 1 amide bonds. The average molecular weight is 420 g/mol. The minimum absolute atomic E-state index is 0.00734. The first kappa shape index (κ1) is 28.9. The number of hydrogen-bond acceptors (Lipinski definition) is 5. The number of Topliss-reactive ketones (excluding diaryl/α,β-unsaturated/α-hetero) is 2. The van der Waals surface area contributed by atoms with Gasteiger partial charge in [0.15, 0.2) is 0 Å². The van der Waals surface area contributed by atoms with Crippen molar-refractivity contribution >= 4 is 35.0 Å². The molecule has 1 rings (SSSR count). The van der Waals surface area contributed by atoms with E-state index in [1.807, 2.05) is 6.08 Å². The van der Waals surface area contributed by atoms with Gasteiger partial charge < -0.3 is 25.7 Å². The Balaban J connectivity index is 0. The molecule has 1 aromatic carbocycles. The third-order valence-corrected chi connectivity index (χ3v) is 3.49. The van der Waals surface area contributed by atoms with Gasteiger partial charge >= 0.3 is 5.97 Å². The zero-order valence-electron chi connectivity index (χ0n) is 18.2. The Labute approximate surface area is 178 Å². The molecule has 0 radical (unpaired) electrons. The van der Waals surface area contributed by atoms with Crippen molar-refractivity contribution in [3.8, 4) is 0 Å². The van der Waals surface area contributed by atoms with Crippen LogP contribution in [0, 0.1) is 11.3 Å². The summed E-state index contributed by atoms with van der Waals surface area (Å²) in [5, 5.41) is 18.2. The molecule has 8 nitrogen and oxygen atoms in total. The number of hydrogen-bond donors (Lipinski definition) is 4. The van der Waals surface area contributed by atoms with Gasteiger partial charge in [-0.3, -0.25) is 15.0 Å². The van der Waals surface area contributed by atoms with E-state index in [9.17, 15) is 19.2 Å². The summed E-state index contributed by atoms with van der Waals surface area (Å²) in [5.74, 6) is -1.75. The third kappa shape index (κ3) is 16.9. The number of carboxylic acids is 1. The summed E-state index contributed by atoms with van der Waals surface area (Å²) in [6, 6.07) is 6.65. The summed E-state index contributed by atoms with van der Waals surface area (Å²) in [7, 11) is 0. The summed E-state index contributed by atoms with van der Waals surface area (Å²) in [4.78, 5) is 42.5. The second-order valence-corrected chi connectivity index (χ2v) is 6.58. The van der Waals surface area contributed by atoms with Crippen molar-refractivity contribution in [2.45, 2.75) is 53.4 Å². The van der Waals surface area contributed by atoms with Crippen LogP contribution in [0.1, 0.15) is 58.9 Å². The van der Waals surface area contributed by atoms with E-state index in [1.54, 1.807) is 24.3 Å². The normalized spacial score (nSPS) is 10.1. The summed E-state index contributed by atoms with van der Waals surface area (Å²) >= 11 is 0. The van der Waals surface area contributed by atoms with Crippen LogP contribution >= 0.6 is 0 Å². The number of anilines is 1. The fraction of sp³-hybridized carbons (Fsp3) is 0.409. The van der Waals surface area contributed by atoms with Crippen LogP contribution in [0.2, 0.25) is 0 Å². The zero-order valence-corrected chi connectivity index (χ0v) is 18.2. The van der Waals surface area contributed by atoms with Gasteiger partial charge in [0.25, 0.3) is 0 Å². The minimum Gasteiger partial charge on any atom is -0.481 e. The van der Waals surface area contributed by atoms with Crippen molar-refractivity contribution in [1.29, 1.82) is 5.41 Å². The second-order valence-electron chi connectivity index (χ2n) is 6.58. The number of allylic oxidation sites excluding steroid dienone is 1. The largest absolute Gasteiger partial charge is 0.481 e. The number of carbonyl (C=O) groups excluding carboxylic acids is 3. The highest BCUT2D eigenvalue weighted by Crippen LogP contribution is 2.09. The zero-order chi connectivity index (χ0) is 23.7. The van der Waals surface area contributed by atoms with E-state index in [0.29, 0.717) is 11.3 Å². The van der Waals surface area contributed by atoms with E-state index in [1.165, 1.54) is 20.8 Å². The molecule has 8 heteroatoms. The number of carboxylic acid groups (broad SMARTS) is 1. The van der Waals surface area contributed by atoms with Crippen molar-refractivity contribution in [3.05, 3.63) is 42.5 Å². The highest BCUT2D eigenvalue weighted by Gasteiger charge is 2.11. The van der Waals surface area contributed by atoms with Crippen LogP contribution in [0.15, 0.2) is 36.9 Å². The number of ketones is 2. The maximum Gasteiger partial charge on any atom is 0.306 e. The topological polar surface area (TPSA) is 150 Å². The number of nitrogen functional groups attached to an aromatic ring is 1. The number of amidine groups is 1. The number of amides is 1. The summed E-state index contributed by atoms with van der Waals surface area (Å²) in [6.07, 6.45) is 3.52. The number of benzene rings is 1. The number of nitrogens with one attached hydrogen (secondary N) is 2. The van der Waals surface area contributed by atoms with Gasteiger partial charge in [-0.1, -0.05) is 19.9 Å². The number of rotatable bonds is 9. The predicted octanol–water partition coefficient (Wildman–Crippen LogP) is 3.55. The summed E-state index contributed by atoms with van der Waals surface area (Å²) in [5.41, 5.74) is 6.54. The monoisotopic (exact) mass is 419 g/mol. The van der Waals surface area contributed by atoms with Crippen LogP contribution in [0.5, 0.6) is 0 Å². The van der Waals surface area contributed by atoms with E-state index in [0.717, 1.165) is 6.42 Å². The Morgan fingerprint density at radius 2 is 1.63 bits per heavy atom. The van der Waals surface area contributed by atoms with Crippen LogP contribution in [-0.2, 0) is 19.2 Å². The second kappa shape index (κ2) is 16.6. The molecule has 1 atom stereocenters. The molecular formula is C22H33N3O5. The molecule has 0 heterocycles. The maximum atomic E-state index is 11.4. The molecule has 0 aromatic heterocycles. The van der Waals surface area contributed by atoms with Crippen LogP contribution in [0.25, 0.3) is 0 Å². The fourth-order valence-electron chi connectivity index (χ4n) is 1.76. The Hall–Kier alpha value is -3.29. The molecule has 0 fully saturated rings. The molecular weight excluding hydrogens is 386 g/mol. The lowest BCUT2D eigenvalue weighted by Crippen LogP contribution is -2.13. The Morgan fingerprint density at radius 1 is 1.13 bits per heavy atom. The Bertz CT molecular complexity index is 727. The summed E-state index contributed by atoms with van der Waals surface area (Å²) in [6.45, 7) is 9.90. The van der Waals surface area contributed by atoms with Gasteiger partial charge in [-0.2, -0.15) is 0 Å². The molecule has 0 aliphatic carbocycles. The first-order chi connectivity index (χ1) is 13.9. The van der Waals surface area contributed by atoms with Gasteiger partial charge in [-0.15, -0.1) is 6.58 Å². The number of nitrogens with two attached hydrogens (primary N) is 1. The molecule has 1 aromatic rings.